The maximum Gasteiger partial charge on any atom is 0.0500 e. The van der Waals surface area contributed by atoms with Crippen LogP contribution >= 0.6 is 0 Å². The van der Waals surface area contributed by atoms with Crippen molar-refractivity contribution in [2.45, 2.75) is 46.1 Å². The number of hydrogen-bond donors (Lipinski definition) is 0. The van der Waals surface area contributed by atoms with Gasteiger partial charge in [-0.1, -0.05) is 124 Å². The Morgan fingerprint density at radius 3 is 1.57 bits per heavy atom. The third-order valence-corrected chi connectivity index (χ3v) is 9.48. The van der Waals surface area contributed by atoms with Gasteiger partial charge in [0.05, 0.1) is 0 Å². The molecule has 0 saturated heterocycles. The van der Waals surface area contributed by atoms with E-state index in [2.05, 4.69) is 167 Å². The van der Waals surface area contributed by atoms with E-state index in [-0.39, 0.29) is 5.41 Å². The molecular formula is C43H37N. The molecule has 0 saturated carbocycles. The molecule has 1 heteroatoms. The molecule has 1 aliphatic carbocycles. The van der Waals surface area contributed by atoms with Crippen molar-refractivity contribution in [2.75, 3.05) is 0 Å². The molecule has 1 aliphatic rings. The molecule has 0 N–H and O–H groups in total. The molecule has 0 unspecified atom stereocenters. The Hall–Kier alpha value is -4.88. The number of para-hydroxylation sites is 1. The summed E-state index contributed by atoms with van der Waals surface area (Å²) < 4.78 is 2.48. The molecule has 0 spiro atoms. The van der Waals surface area contributed by atoms with Crippen molar-refractivity contribution in [3.63, 3.8) is 0 Å². The van der Waals surface area contributed by atoms with Crippen LogP contribution in [0.1, 0.15) is 46.2 Å². The lowest BCUT2D eigenvalue weighted by Crippen LogP contribution is -2.11. The fourth-order valence-electron chi connectivity index (χ4n) is 7.29. The van der Waals surface area contributed by atoms with Gasteiger partial charge in [-0.05, 0) is 105 Å². The zero-order valence-corrected chi connectivity index (χ0v) is 26.1. The smallest absolute Gasteiger partial charge is 0.0500 e. The van der Waals surface area contributed by atoms with Crippen molar-refractivity contribution in [1.29, 1.82) is 0 Å². The third kappa shape index (κ3) is 4.07. The highest BCUT2D eigenvalue weighted by molar-refractivity contribution is 6.09. The number of nitrogens with zero attached hydrogens (tertiary/aromatic N) is 1. The molecule has 44 heavy (non-hydrogen) atoms. The predicted molar refractivity (Wildman–Crippen MR) is 189 cm³/mol. The van der Waals surface area contributed by atoms with Crippen LogP contribution < -0.4 is 0 Å². The van der Waals surface area contributed by atoms with Crippen molar-refractivity contribution >= 4 is 21.8 Å². The lowest BCUT2D eigenvalue weighted by Gasteiger charge is -2.26. The molecule has 0 aliphatic heterocycles. The summed E-state index contributed by atoms with van der Waals surface area (Å²) in [5.41, 5.74) is 16.8. The maximum atomic E-state index is 2.48. The van der Waals surface area contributed by atoms with Gasteiger partial charge in [-0.15, -0.1) is 0 Å². The van der Waals surface area contributed by atoms with Crippen LogP contribution in [0.4, 0.5) is 0 Å². The van der Waals surface area contributed by atoms with E-state index in [4.69, 9.17) is 0 Å². The van der Waals surface area contributed by atoms with Gasteiger partial charge in [0.1, 0.15) is 0 Å². The van der Waals surface area contributed by atoms with E-state index < -0.39 is 0 Å². The lowest BCUT2D eigenvalue weighted by atomic mass is 9.77. The molecule has 8 rings (SSSR count). The molecule has 0 bridgehead atoms. The van der Waals surface area contributed by atoms with Gasteiger partial charge in [0, 0.05) is 27.8 Å². The molecule has 6 aromatic carbocycles. The molecular weight excluding hydrogens is 530 g/mol. The largest absolute Gasteiger partial charge is 0.338 e. The van der Waals surface area contributed by atoms with Crippen molar-refractivity contribution in [3.8, 4) is 55.6 Å². The molecule has 1 aromatic heterocycles. The molecule has 7 aromatic rings. The van der Waals surface area contributed by atoms with Gasteiger partial charge in [-0.3, -0.25) is 0 Å². The van der Waals surface area contributed by atoms with E-state index in [1.54, 1.807) is 0 Å². The summed E-state index contributed by atoms with van der Waals surface area (Å²) >= 11 is 0. The second-order valence-electron chi connectivity index (χ2n) is 13.6. The van der Waals surface area contributed by atoms with E-state index >= 15 is 0 Å². The van der Waals surface area contributed by atoms with Crippen LogP contribution in [0.2, 0.25) is 0 Å². The van der Waals surface area contributed by atoms with Crippen LogP contribution in [0.3, 0.4) is 0 Å². The Morgan fingerprint density at radius 1 is 0.432 bits per heavy atom. The first-order chi connectivity index (χ1) is 21.3. The van der Waals surface area contributed by atoms with Crippen LogP contribution in [0.5, 0.6) is 0 Å². The second kappa shape index (κ2) is 9.82. The quantitative estimate of drug-likeness (QED) is 0.196. The predicted octanol–water partition coefficient (Wildman–Crippen LogP) is 12.3. The van der Waals surface area contributed by atoms with Crippen LogP contribution in [-0.4, -0.2) is 4.57 Å². The summed E-state index contributed by atoms with van der Waals surface area (Å²) in [6.45, 7) is 11.5. The molecule has 0 amide bonds. The molecule has 1 heterocycles. The summed E-state index contributed by atoms with van der Waals surface area (Å²) in [5.74, 6) is 0. The third-order valence-electron chi connectivity index (χ3n) is 9.48. The lowest BCUT2D eigenvalue weighted by molar-refractivity contribution is 0.590. The van der Waals surface area contributed by atoms with Gasteiger partial charge < -0.3 is 4.57 Å². The van der Waals surface area contributed by atoms with E-state index in [1.807, 2.05) is 0 Å². The van der Waals surface area contributed by atoms with Gasteiger partial charge in [-0.2, -0.15) is 0 Å². The van der Waals surface area contributed by atoms with Gasteiger partial charge in [-0.25, -0.2) is 0 Å². The Kier molecular flexibility index (Phi) is 5.97. The second-order valence-corrected chi connectivity index (χ2v) is 13.6. The van der Waals surface area contributed by atoms with Crippen LogP contribution in [0.15, 0.2) is 127 Å². The Bertz CT molecular complexity index is 2230. The highest BCUT2D eigenvalue weighted by Crippen LogP contribution is 2.49. The van der Waals surface area contributed by atoms with Crippen molar-refractivity contribution in [1.82, 2.24) is 4.57 Å². The Labute approximate surface area is 260 Å². The van der Waals surface area contributed by atoms with Crippen LogP contribution in [0.25, 0.3) is 77.4 Å². The Morgan fingerprint density at radius 2 is 0.909 bits per heavy atom. The van der Waals surface area contributed by atoms with Crippen molar-refractivity contribution < 1.29 is 0 Å². The maximum absolute atomic E-state index is 2.48. The summed E-state index contributed by atoms with van der Waals surface area (Å²) in [5, 5.41) is 2.63. The highest BCUT2D eigenvalue weighted by atomic mass is 15.0. The van der Waals surface area contributed by atoms with Gasteiger partial charge in [0.15, 0.2) is 0 Å². The Balaban J connectivity index is 1.41. The minimum Gasteiger partial charge on any atom is -0.338 e. The fourth-order valence-corrected chi connectivity index (χ4v) is 7.29. The number of rotatable bonds is 2. The summed E-state index contributed by atoms with van der Waals surface area (Å²) in [4.78, 5) is 0. The first-order valence-electron chi connectivity index (χ1n) is 15.8. The topological polar surface area (TPSA) is 4.93 Å². The number of hydrogen-bond acceptors (Lipinski definition) is 0. The first kappa shape index (κ1) is 26.7. The first-order valence-corrected chi connectivity index (χ1v) is 15.8. The number of benzene rings is 6. The summed E-state index contributed by atoms with van der Waals surface area (Å²) in [6.07, 6.45) is 0. The molecule has 1 nitrogen and oxygen atoms in total. The summed E-state index contributed by atoms with van der Waals surface area (Å²) in [6, 6.07) is 48.2. The normalized spacial score (nSPS) is 12.4. The standard InChI is InChI=1S/C43H37N/c1-27(2)44-41-17-11-10-16-37(41)38-22-19-29(25-42(38)44)28-18-21-35-33-14-7-6-12-31(33)32-13-8-9-15-34(32)40-26-30(43(3,4)5)20-23-36(40)39(35)24-28/h6-27H,1-5H3. The fraction of sp³-hybridized carbons (Fsp3) is 0.163. The number of fused-ring (bicyclic) bond motifs is 11. The van der Waals surface area contributed by atoms with Crippen molar-refractivity contribution in [2.24, 2.45) is 0 Å². The van der Waals surface area contributed by atoms with E-state index in [0.717, 1.165) is 0 Å². The van der Waals surface area contributed by atoms with E-state index in [9.17, 15) is 0 Å². The highest BCUT2D eigenvalue weighted by Gasteiger charge is 2.24. The average molecular weight is 568 g/mol. The van der Waals surface area contributed by atoms with E-state index in [0.29, 0.717) is 6.04 Å². The van der Waals surface area contributed by atoms with Gasteiger partial charge in [0.2, 0.25) is 0 Å². The minimum absolute atomic E-state index is 0.0548. The number of aromatic nitrogens is 1. The van der Waals surface area contributed by atoms with Gasteiger partial charge in [0.25, 0.3) is 0 Å². The molecule has 0 radical (unpaired) electrons. The molecule has 0 atom stereocenters. The SMILES string of the molecule is CC(C)n1c2ccccc2c2ccc(-c3ccc4c(c3)-c3ccc(C(C)(C)C)cc3-c3ccccc3-c3ccccc3-4)cc21. The zero-order chi connectivity index (χ0) is 30.2. The van der Waals surface area contributed by atoms with Crippen molar-refractivity contribution in [3.05, 3.63) is 133 Å². The van der Waals surface area contributed by atoms with Gasteiger partial charge >= 0.3 is 0 Å². The summed E-state index contributed by atoms with van der Waals surface area (Å²) in [7, 11) is 0. The average Bonchev–Trinajstić information content (AvgIpc) is 3.37. The zero-order valence-electron chi connectivity index (χ0n) is 26.1. The monoisotopic (exact) mass is 567 g/mol. The van der Waals surface area contributed by atoms with Crippen LogP contribution in [-0.2, 0) is 5.41 Å². The minimum atomic E-state index is 0.0548. The van der Waals surface area contributed by atoms with Crippen LogP contribution in [0, 0.1) is 0 Å². The van der Waals surface area contributed by atoms with E-state index in [1.165, 1.54) is 83.0 Å². The molecule has 0 fully saturated rings. The molecule has 214 valence electrons.